The van der Waals surface area contributed by atoms with Gasteiger partial charge < -0.3 is 15.5 Å². The number of aliphatic hydroxyl groups is 2. The summed E-state index contributed by atoms with van der Waals surface area (Å²) < 4.78 is 0. The Morgan fingerprint density at radius 1 is 0.510 bits per heavy atom. The summed E-state index contributed by atoms with van der Waals surface area (Å²) in [4.78, 5) is 12.3. The molecule has 0 heterocycles. The van der Waals surface area contributed by atoms with E-state index in [0.29, 0.717) is 6.42 Å². The van der Waals surface area contributed by atoms with Crippen LogP contribution in [0.5, 0.6) is 0 Å². The Labute approximate surface area is 304 Å². The van der Waals surface area contributed by atoms with Crippen molar-refractivity contribution in [3.05, 3.63) is 72.9 Å². The van der Waals surface area contributed by atoms with Gasteiger partial charge in [0.2, 0.25) is 5.91 Å². The molecule has 4 nitrogen and oxygen atoms in total. The molecule has 3 N–H and O–H groups in total. The van der Waals surface area contributed by atoms with Gasteiger partial charge in [-0.2, -0.15) is 0 Å². The average Bonchev–Trinajstić information content (AvgIpc) is 3.10. The van der Waals surface area contributed by atoms with Crippen molar-refractivity contribution in [2.75, 3.05) is 6.61 Å². The van der Waals surface area contributed by atoms with Gasteiger partial charge in [0.05, 0.1) is 18.8 Å². The molecule has 0 aliphatic heterocycles. The number of carbonyl (C=O) groups is 1. The maximum absolute atomic E-state index is 12.3. The molecule has 0 radical (unpaired) electrons. The number of allylic oxidation sites excluding steroid dienone is 11. The zero-order valence-electron chi connectivity index (χ0n) is 32.2. The van der Waals surface area contributed by atoms with E-state index in [4.69, 9.17) is 0 Å². The summed E-state index contributed by atoms with van der Waals surface area (Å²) in [6.45, 7) is 4.10. The topological polar surface area (TPSA) is 69.6 Å². The highest BCUT2D eigenvalue weighted by Gasteiger charge is 2.17. The summed E-state index contributed by atoms with van der Waals surface area (Å²) >= 11 is 0. The number of hydrogen-bond donors (Lipinski definition) is 3. The zero-order valence-corrected chi connectivity index (χ0v) is 32.2. The molecule has 0 rings (SSSR count). The van der Waals surface area contributed by atoms with E-state index in [1.165, 1.54) is 109 Å². The summed E-state index contributed by atoms with van der Waals surface area (Å²) in [6, 6.07) is -0.638. The molecule has 0 aromatic carbocycles. The van der Waals surface area contributed by atoms with Crippen LogP contribution in [0.15, 0.2) is 72.9 Å². The van der Waals surface area contributed by atoms with Crippen molar-refractivity contribution in [3.8, 4) is 0 Å². The number of hydrogen-bond acceptors (Lipinski definition) is 3. The van der Waals surface area contributed by atoms with Crippen LogP contribution in [0.4, 0.5) is 0 Å². The van der Waals surface area contributed by atoms with Crippen molar-refractivity contribution >= 4 is 5.91 Å². The van der Waals surface area contributed by atoms with Crippen LogP contribution in [0.25, 0.3) is 0 Å². The largest absolute Gasteiger partial charge is 0.394 e. The number of aliphatic hydroxyl groups excluding tert-OH is 2. The Kier molecular flexibility index (Phi) is 38.5. The van der Waals surface area contributed by atoms with Gasteiger partial charge in [0.15, 0.2) is 0 Å². The lowest BCUT2D eigenvalue weighted by molar-refractivity contribution is -0.123. The summed E-state index contributed by atoms with van der Waals surface area (Å²) in [7, 11) is 0. The zero-order chi connectivity index (χ0) is 35.7. The Hall–Kier alpha value is -2.17. The maximum atomic E-state index is 12.3. The molecule has 2 atom stereocenters. The lowest BCUT2D eigenvalue weighted by atomic mass is 10.0. The number of nitrogens with one attached hydrogen (secondary N) is 1. The number of unbranched alkanes of at least 4 members (excludes halogenated alkanes) is 19. The molecule has 0 spiro atoms. The Balaban J connectivity index is 3.49. The van der Waals surface area contributed by atoms with Crippen LogP contribution in [0.1, 0.15) is 187 Å². The third-order valence-electron chi connectivity index (χ3n) is 8.92. The first-order chi connectivity index (χ1) is 24.2. The highest BCUT2D eigenvalue weighted by Crippen LogP contribution is 2.15. The predicted octanol–water partition coefficient (Wildman–Crippen LogP) is 12.7. The monoisotopic (exact) mass is 682 g/mol. The van der Waals surface area contributed by atoms with E-state index in [1.54, 1.807) is 6.08 Å². The normalized spacial score (nSPS) is 13.8. The van der Waals surface area contributed by atoms with Gasteiger partial charge >= 0.3 is 0 Å². The molecule has 0 aliphatic carbocycles. The fourth-order valence-corrected chi connectivity index (χ4v) is 5.76. The summed E-state index contributed by atoms with van der Waals surface area (Å²) in [5.74, 6) is -0.0805. The average molecular weight is 682 g/mol. The molecule has 0 aromatic rings. The minimum Gasteiger partial charge on any atom is -0.394 e. The first-order valence-corrected chi connectivity index (χ1v) is 20.7. The first-order valence-electron chi connectivity index (χ1n) is 20.7. The van der Waals surface area contributed by atoms with Crippen molar-refractivity contribution in [3.63, 3.8) is 0 Å². The highest BCUT2D eigenvalue weighted by molar-refractivity contribution is 5.76. The number of rotatable bonds is 36. The molecular weight excluding hydrogens is 602 g/mol. The van der Waals surface area contributed by atoms with E-state index < -0.39 is 12.1 Å². The third-order valence-corrected chi connectivity index (χ3v) is 8.92. The molecule has 2 unspecified atom stereocenters. The highest BCUT2D eigenvalue weighted by atomic mass is 16.3. The van der Waals surface area contributed by atoms with E-state index >= 15 is 0 Å². The fourth-order valence-electron chi connectivity index (χ4n) is 5.76. The van der Waals surface area contributed by atoms with Crippen LogP contribution < -0.4 is 5.32 Å². The van der Waals surface area contributed by atoms with Crippen LogP contribution in [-0.4, -0.2) is 34.9 Å². The number of carbonyl (C=O) groups excluding carboxylic acids is 1. The van der Waals surface area contributed by atoms with Gasteiger partial charge in [0, 0.05) is 6.42 Å². The van der Waals surface area contributed by atoms with Crippen molar-refractivity contribution in [2.45, 2.75) is 199 Å². The van der Waals surface area contributed by atoms with Crippen molar-refractivity contribution in [1.29, 1.82) is 0 Å². The molecule has 1 amide bonds. The van der Waals surface area contributed by atoms with Crippen LogP contribution in [-0.2, 0) is 4.79 Å². The van der Waals surface area contributed by atoms with Crippen molar-refractivity contribution in [1.82, 2.24) is 5.32 Å². The molecule has 0 bridgehead atoms. The molecule has 0 aromatic heterocycles. The second-order valence-electron chi connectivity index (χ2n) is 13.7. The van der Waals surface area contributed by atoms with E-state index in [0.717, 1.165) is 57.8 Å². The smallest absolute Gasteiger partial charge is 0.220 e. The summed E-state index contributed by atoms with van der Waals surface area (Å²) in [6.07, 6.45) is 57.4. The van der Waals surface area contributed by atoms with Gasteiger partial charge in [0.25, 0.3) is 0 Å². The molecule has 282 valence electrons. The lowest BCUT2D eigenvalue weighted by Crippen LogP contribution is -2.45. The van der Waals surface area contributed by atoms with E-state index in [-0.39, 0.29) is 12.5 Å². The van der Waals surface area contributed by atoms with Gasteiger partial charge in [-0.15, -0.1) is 0 Å². The standard InChI is InChI=1S/C45H79NO3/c1-3-5-7-9-11-13-14-15-16-17-18-19-20-21-22-23-24-25-26-27-28-29-30-31-32-33-35-37-39-41-45(49)46-43(42-47)44(48)40-38-36-34-12-10-8-6-4-2/h5,7,10-13,15-16,18-19,38,40,43-44,47-48H,3-4,6,8-9,14,17,20-37,39,41-42H2,1-2H3,(H,46,49)/b7-5-,12-10+,13-11-,16-15-,19-18-,40-38+. The molecular formula is C45H79NO3. The van der Waals surface area contributed by atoms with Gasteiger partial charge in [-0.3, -0.25) is 4.79 Å². The Morgan fingerprint density at radius 3 is 1.43 bits per heavy atom. The lowest BCUT2D eigenvalue weighted by Gasteiger charge is -2.19. The molecule has 0 saturated carbocycles. The number of amides is 1. The second-order valence-corrected chi connectivity index (χ2v) is 13.7. The predicted molar refractivity (Wildman–Crippen MR) is 216 cm³/mol. The van der Waals surface area contributed by atoms with E-state index in [2.05, 4.69) is 79.9 Å². The Morgan fingerprint density at radius 2 is 0.918 bits per heavy atom. The molecule has 0 fully saturated rings. The van der Waals surface area contributed by atoms with Crippen LogP contribution in [0.3, 0.4) is 0 Å². The van der Waals surface area contributed by atoms with Crippen molar-refractivity contribution < 1.29 is 15.0 Å². The first kappa shape index (κ1) is 46.8. The van der Waals surface area contributed by atoms with Crippen molar-refractivity contribution in [2.24, 2.45) is 0 Å². The molecule has 4 heteroatoms. The molecule has 49 heavy (non-hydrogen) atoms. The van der Waals surface area contributed by atoms with Gasteiger partial charge in [-0.25, -0.2) is 0 Å². The minimum atomic E-state index is -0.860. The van der Waals surface area contributed by atoms with Crippen LogP contribution in [0, 0.1) is 0 Å². The van der Waals surface area contributed by atoms with Gasteiger partial charge in [-0.05, 0) is 64.2 Å². The van der Waals surface area contributed by atoms with Gasteiger partial charge in [-0.1, -0.05) is 189 Å². The molecule has 0 saturated heterocycles. The van der Waals surface area contributed by atoms with E-state index in [9.17, 15) is 15.0 Å². The Bertz CT molecular complexity index is 868. The van der Waals surface area contributed by atoms with Crippen LogP contribution in [0.2, 0.25) is 0 Å². The summed E-state index contributed by atoms with van der Waals surface area (Å²) in [5, 5.41) is 22.8. The minimum absolute atomic E-state index is 0.0805. The fraction of sp³-hybridized carbons (Fsp3) is 0.711. The summed E-state index contributed by atoms with van der Waals surface area (Å²) in [5.41, 5.74) is 0. The maximum Gasteiger partial charge on any atom is 0.220 e. The quantitative estimate of drug-likeness (QED) is 0.0455. The van der Waals surface area contributed by atoms with Gasteiger partial charge in [0.1, 0.15) is 0 Å². The molecule has 0 aliphatic rings. The van der Waals surface area contributed by atoms with E-state index in [1.807, 2.05) is 6.08 Å². The van der Waals surface area contributed by atoms with Crippen LogP contribution >= 0.6 is 0 Å². The third kappa shape index (κ3) is 36.9. The second kappa shape index (κ2) is 40.3. The SMILES string of the molecule is CC/C=C\C/C=C\C/C=C\C/C=C\CCCCCCCCCCCCCCCCCCC(=O)NC(CO)C(O)/C=C/CC/C=C/CCCC.